The summed E-state index contributed by atoms with van der Waals surface area (Å²) in [6.45, 7) is 7.57. The van der Waals surface area contributed by atoms with E-state index in [1.807, 2.05) is 0 Å². The summed E-state index contributed by atoms with van der Waals surface area (Å²) >= 11 is 0. The van der Waals surface area contributed by atoms with E-state index in [9.17, 15) is 4.79 Å². The molecule has 1 atom stereocenters. The van der Waals surface area contributed by atoms with Gasteiger partial charge in [-0.05, 0) is 38.0 Å². The maximum atomic E-state index is 11.9. The molecule has 0 spiro atoms. The van der Waals surface area contributed by atoms with Crippen molar-refractivity contribution in [3.63, 3.8) is 0 Å². The Bertz CT molecular complexity index is 498. The topological polar surface area (TPSA) is 26.3 Å². The number of unbranched alkanes of at least 4 members (excludes halogenated alkanes) is 24. The molecule has 232 valence electrons. The molecule has 1 unspecified atom stereocenters. The van der Waals surface area contributed by atoms with Gasteiger partial charge in [-0.25, -0.2) is 0 Å². The third-order valence-electron chi connectivity index (χ3n) is 8.24. The van der Waals surface area contributed by atoms with Crippen LogP contribution in [-0.4, -0.2) is 12.6 Å². The fraction of sp³-hybridized carbons (Fsp3) is 0.919. The lowest BCUT2D eigenvalue weighted by atomic mass is 10.0. The van der Waals surface area contributed by atoms with Crippen LogP contribution in [0.15, 0.2) is 12.2 Å². The molecule has 0 aliphatic carbocycles. The Kier molecular flexibility index (Phi) is 32.7. The van der Waals surface area contributed by atoms with Crippen LogP contribution in [0.2, 0.25) is 0 Å². The summed E-state index contributed by atoms with van der Waals surface area (Å²) in [6, 6.07) is 0. The second-order valence-electron chi connectivity index (χ2n) is 12.4. The number of carbonyl (C=O) groups is 1. The molecule has 39 heavy (non-hydrogen) atoms. The Morgan fingerprint density at radius 2 is 0.949 bits per heavy atom. The number of hydrogen-bond acceptors (Lipinski definition) is 2. The number of rotatable bonds is 32. The van der Waals surface area contributed by atoms with E-state index in [2.05, 4.69) is 32.9 Å². The number of esters is 1. The lowest BCUT2D eigenvalue weighted by molar-refractivity contribution is -0.143. The number of ether oxygens (including phenoxy) is 1. The second kappa shape index (κ2) is 33.4. The third kappa shape index (κ3) is 33.3. The quantitative estimate of drug-likeness (QED) is 0.0474. The largest absolute Gasteiger partial charge is 0.466 e. The average molecular weight is 549 g/mol. The van der Waals surface area contributed by atoms with E-state index < -0.39 is 0 Å². The number of hydrogen-bond donors (Lipinski definition) is 0. The molecule has 0 bridgehead atoms. The highest BCUT2D eigenvalue weighted by Crippen LogP contribution is 2.16. The van der Waals surface area contributed by atoms with E-state index in [-0.39, 0.29) is 5.97 Å². The summed E-state index contributed by atoms with van der Waals surface area (Å²) in [4.78, 5) is 11.9. The first-order valence-corrected chi connectivity index (χ1v) is 18.0. The van der Waals surface area contributed by atoms with Crippen LogP contribution in [-0.2, 0) is 9.53 Å². The van der Waals surface area contributed by atoms with Crippen LogP contribution in [0.5, 0.6) is 0 Å². The lowest BCUT2D eigenvalue weighted by Gasteiger charge is -2.07. The van der Waals surface area contributed by atoms with E-state index in [1.165, 1.54) is 167 Å². The minimum absolute atomic E-state index is 0.0215. The van der Waals surface area contributed by atoms with Crippen LogP contribution in [0.1, 0.15) is 207 Å². The van der Waals surface area contributed by atoms with E-state index in [4.69, 9.17) is 4.74 Å². The van der Waals surface area contributed by atoms with Gasteiger partial charge >= 0.3 is 5.97 Å². The zero-order valence-corrected chi connectivity index (χ0v) is 27.3. The molecule has 0 aromatic carbocycles. The van der Waals surface area contributed by atoms with Gasteiger partial charge < -0.3 is 4.74 Å². The van der Waals surface area contributed by atoms with Gasteiger partial charge in [-0.3, -0.25) is 4.79 Å². The second-order valence-corrected chi connectivity index (χ2v) is 12.4. The van der Waals surface area contributed by atoms with Crippen LogP contribution in [0.4, 0.5) is 0 Å². The van der Waals surface area contributed by atoms with E-state index >= 15 is 0 Å². The van der Waals surface area contributed by atoms with Gasteiger partial charge in [0.15, 0.2) is 0 Å². The zero-order chi connectivity index (χ0) is 28.5. The first-order chi connectivity index (χ1) is 19.2. The third-order valence-corrected chi connectivity index (χ3v) is 8.24. The van der Waals surface area contributed by atoms with Gasteiger partial charge in [0, 0.05) is 6.42 Å². The maximum absolute atomic E-state index is 11.9. The monoisotopic (exact) mass is 549 g/mol. The van der Waals surface area contributed by atoms with Crippen molar-refractivity contribution in [2.24, 2.45) is 5.92 Å². The fourth-order valence-corrected chi connectivity index (χ4v) is 5.46. The maximum Gasteiger partial charge on any atom is 0.305 e. The summed E-state index contributed by atoms with van der Waals surface area (Å²) in [6.07, 6.45) is 42.8. The van der Waals surface area contributed by atoms with Gasteiger partial charge in [0.2, 0.25) is 0 Å². The van der Waals surface area contributed by atoms with Crippen LogP contribution >= 0.6 is 0 Å². The molecule has 0 aliphatic heterocycles. The van der Waals surface area contributed by atoms with Crippen molar-refractivity contribution in [1.29, 1.82) is 0 Å². The molecular weight excluding hydrogens is 476 g/mol. The van der Waals surface area contributed by atoms with Crippen molar-refractivity contribution < 1.29 is 9.53 Å². The van der Waals surface area contributed by atoms with Gasteiger partial charge in [-0.15, -0.1) is 0 Å². The highest BCUT2D eigenvalue weighted by atomic mass is 16.5. The van der Waals surface area contributed by atoms with Crippen molar-refractivity contribution in [3.8, 4) is 0 Å². The van der Waals surface area contributed by atoms with Gasteiger partial charge in [0.25, 0.3) is 0 Å². The molecule has 0 aliphatic rings. The highest BCUT2D eigenvalue weighted by molar-refractivity contribution is 5.69. The number of allylic oxidation sites excluding steroid dienone is 2. The first kappa shape index (κ1) is 38.2. The lowest BCUT2D eigenvalue weighted by Crippen LogP contribution is -2.05. The summed E-state index contributed by atoms with van der Waals surface area (Å²) < 4.78 is 5.44. The van der Waals surface area contributed by atoms with Crippen LogP contribution in [0.3, 0.4) is 0 Å². The Hall–Kier alpha value is -0.790. The molecule has 0 saturated heterocycles. The van der Waals surface area contributed by atoms with Gasteiger partial charge in [0.1, 0.15) is 0 Å². The first-order valence-electron chi connectivity index (χ1n) is 18.0. The summed E-state index contributed by atoms with van der Waals surface area (Å²) in [5, 5.41) is 0. The Labute approximate surface area is 246 Å². The molecule has 2 nitrogen and oxygen atoms in total. The fourth-order valence-electron chi connectivity index (χ4n) is 5.46. The van der Waals surface area contributed by atoms with Crippen molar-refractivity contribution in [2.75, 3.05) is 6.61 Å². The molecule has 0 heterocycles. The molecule has 2 heteroatoms. The predicted octanol–water partition coefficient (Wildman–Crippen LogP) is 13.1. The van der Waals surface area contributed by atoms with Crippen LogP contribution in [0.25, 0.3) is 0 Å². The van der Waals surface area contributed by atoms with Gasteiger partial charge in [0.05, 0.1) is 6.61 Å². The molecule has 0 aromatic heterocycles. The zero-order valence-electron chi connectivity index (χ0n) is 27.3. The van der Waals surface area contributed by atoms with Gasteiger partial charge in [-0.2, -0.15) is 0 Å². The standard InChI is InChI=1S/C37H72O2/c1-4-6-8-10-12-14-15-16-19-23-27-31-35-39-37(38)34-30-26-22-18-17-21-25-29-33-36(3)32-28-24-20-13-11-9-7-5-2/h28,32,36H,4-27,29-31,33-35H2,1-3H3. The SMILES string of the molecule is CCCCCCCCC=CC(C)CCCCCCCCCCC(=O)OCCCCCCCCCCCCCC. The summed E-state index contributed by atoms with van der Waals surface area (Å²) in [7, 11) is 0. The average Bonchev–Trinajstić information content (AvgIpc) is 2.93. The summed E-state index contributed by atoms with van der Waals surface area (Å²) in [5.41, 5.74) is 0. The van der Waals surface area contributed by atoms with Crippen LogP contribution in [0, 0.1) is 5.92 Å². The predicted molar refractivity (Wildman–Crippen MR) is 175 cm³/mol. The Balaban J connectivity index is 3.27. The van der Waals surface area contributed by atoms with E-state index in [0.717, 1.165) is 18.8 Å². The Morgan fingerprint density at radius 3 is 1.46 bits per heavy atom. The molecule has 0 amide bonds. The number of carbonyl (C=O) groups excluding carboxylic acids is 1. The molecule has 0 saturated carbocycles. The molecule has 0 radical (unpaired) electrons. The molecule has 0 aromatic rings. The van der Waals surface area contributed by atoms with E-state index in [0.29, 0.717) is 13.0 Å². The van der Waals surface area contributed by atoms with Crippen molar-refractivity contribution in [3.05, 3.63) is 12.2 Å². The molecule has 0 rings (SSSR count). The minimum atomic E-state index is 0.0215. The normalized spacial score (nSPS) is 12.4. The summed E-state index contributed by atoms with van der Waals surface area (Å²) in [5.74, 6) is 0.762. The van der Waals surface area contributed by atoms with E-state index in [1.54, 1.807) is 0 Å². The Morgan fingerprint density at radius 1 is 0.538 bits per heavy atom. The molecule has 0 fully saturated rings. The molecular formula is C37H72O2. The highest BCUT2D eigenvalue weighted by Gasteiger charge is 2.03. The smallest absolute Gasteiger partial charge is 0.305 e. The molecule has 0 N–H and O–H groups in total. The van der Waals surface area contributed by atoms with Crippen molar-refractivity contribution in [1.82, 2.24) is 0 Å². The van der Waals surface area contributed by atoms with Crippen LogP contribution < -0.4 is 0 Å². The van der Waals surface area contributed by atoms with Crippen molar-refractivity contribution in [2.45, 2.75) is 207 Å². The minimum Gasteiger partial charge on any atom is -0.466 e. The van der Waals surface area contributed by atoms with Crippen molar-refractivity contribution >= 4 is 5.97 Å². The van der Waals surface area contributed by atoms with Gasteiger partial charge in [-0.1, -0.05) is 181 Å².